The van der Waals surface area contributed by atoms with Crippen LogP contribution in [0.25, 0.3) is 11.0 Å². The smallest absolute Gasteiger partial charge is 0.337 e. The minimum absolute atomic E-state index is 0.0953. The molecule has 172 valence electrons. The van der Waals surface area contributed by atoms with Crippen molar-refractivity contribution >= 4 is 22.8 Å². The number of hydrogen-bond donors (Lipinski definition) is 0. The van der Waals surface area contributed by atoms with Crippen LogP contribution >= 0.6 is 0 Å². The number of benzene rings is 2. The van der Waals surface area contributed by atoms with Crippen molar-refractivity contribution in [3.63, 3.8) is 0 Å². The number of methoxy groups -OCH3 is 1. The quantitative estimate of drug-likeness (QED) is 0.512. The Morgan fingerprint density at radius 2 is 1.79 bits per heavy atom. The molecule has 0 saturated heterocycles. The van der Waals surface area contributed by atoms with Gasteiger partial charge in [-0.2, -0.15) is 0 Å². The van der Waals surface area contributed by atoms with Crippen LogP contribution in [-0.2, 0) is 4.74 Å². The Labute approximate surface area is 192 Å². The first-order valence-corrected chi connectivity index (χ1v) is 11.2. The van der Waals surface area contributed by atoms with Crippen molar-refractivity contribution in [2.24, 2.45) is 0 Å². The van der Waals surface area contributed by atoms with Crippen molar-refractivity contribution in [3.05, 3.63) is 80.7 Å². The monoisotopic (exact) mass is 448 g/mol. The Hall–Kier alpha value is -3.45. The van der Waals surface area contributed by atoms with Gasteiger partial charge in [-0.05, 0) is 49.8 Å². The fourth-order valence-corrected chi connectivity index (χ4v) is 4.42. The van der Waals surface area contributed by atoms with Crippen LogP contribution in [0.5, 0.6) is 0 Å². The highest BCUT2D eigenvalue weighted by Crippen LogP contribution is 2.38. The van der Waals surface area contributed by atoms with Gasteiger partial charge in [-0.1, -0.05) is 37.6 Å². The molecule has 0 saturated carbocycles. The number of aryl methyl sites for hydroxylation is 1. The zero-order chi connectivity index (χ0) is 23.7. The van der Waals surface area contributed by atoms with E-state index < -0.39 is 12.0 Å². The van der Waals surface area contributed by atoms with Crippen molar-refractivity contribution in [2.45, 2.75) is 26.8 Å². The van der Waals surface area contributed by atoms with E-state index in [1.54, 1.807) is 41.3 Å². The maximum atomic E-state index is 13.6. The van der Waals surface area contributed by atoms with Crippen LogP contribution < -0.4 is 5.43 Å². The van der Waals surface area contributed by atoms with Gasteiger partial charge in [0.15, 0.2) is 5.43 Å². The number of esters is 1. The molecule has 0 aliphatic carbocycles. The molecule has 1 amide bonds. The third kappa shape index (κ3) is 4.04. The normalized spacial score (nSPS) is 15.4. The molecular formula is C26H28N2O5. The Balaban J connectivity index is 1.85. The maximum Gasteiger partial charge on any atom is 0.337 e. The molecule has 0 fully saturated rings. The summed E-state index contributed by atoms with van der Waals surface area (Å²) >= 11 is 0. The molecule has 1 aliphatic heterocycles. The molecule has 3 aromatic rings. The van der Waals surface area contributed by atoms with Crippen LogP contribution in [0.2, 0.25) is 0 Å². The fourth-order valence-electron chi connectivity index (χ4n) is 4.42. The van der Waals surface area contributed by atoms with Gasteiger partial charge in [0, 0.05) is 13.1 Å². The Kier molecular flexibility index (Phi) is 6.33. The summed E-state index contributed by atoms with van der Waals surface area (Å²) in [6, 6.07) is 11.6. The first-order chi connectivity index (χ1) is 15.9. The highest BCUT2D eigenvalue weighted by Gasteiger charge is 2.42. The highest BCUT2D eigenvalue weighted by molar-refractivity contribution is 5.99. The van der Waals surface area contributed by atoms with Crippen LogP contribution in [0.3, 0.4) is 0 Å². The summed E-state index contributed by atoms with van der Waals surface area (Å²) in [7, 11) is 1.33. The Bertz CT molecular complexity index is 1260. The lowest BCUT2D eigenvalue weighted by Crippen LogP contribution is -2.37. The number of hydrogen-bond acceptors (Lipinski definition) is 6. The lowest BCUT2D eigenvalue weighted by Gasteiger charge is -2.28. The molecule has 0 N–H and O–H groups in total. The van der Waals surface area contributed by atoms with Crippen molar-refractivity contribution < 1.29 is 18.7 Å². The van der Waals surface area contributed by atoms with E-state index >= 15 is 0 Å². The minimum Gasteiger partial charge on any atom is -0.465 e. The standard InChI is InChI=1S/C26H28N2O5/c1-5-27(6-2)13-14-28-22(17-8-10-18(11-9-17)26(31)32-4)21-23(29)19-15-16(3)7-12-20(19)33-24(21)25(28)30/h7-12,15,22H,5-6,13-14H2,1-4H3. The SMILES string of the molecule is CCN(CC)CCN1C(=O)c2oc3ccc(C)cc3c(=O)c2C1c1ccc(C(=O)OC)cc1. The summed E-state index contributed by atoms with van der Waals surface area (Å²) in [5.41, 5.74) is 2.65. The zero-order valence-corrected chi connectivity index (χ0v) is 19.4. The van der Waals surface area contributed by atoms with Gasteiger partial charge in [-0.25, -0.2) is 4.79 Å². The van der Waals surface area contributed by atoms with E-state index in [9.17, 15) is 14.4 Å². The number of rotatable bonds is 7. The molecule has 1 aromatic heterocycles. The first kappa shape index (κ1) is 22.7. The van der Waals surface area contributed by atoms with Crippen molar-refractivity contribution in [3.8, 4) is 0 Å². The predicted octanol–water partition coefficient (Wildman–Crippen LogP) is 3.78. The topological polar surface area (TPSA) is 80.1 Å². The van der Waals surface area contributed by atoms with Crippen molar-refractivity contribution in [1.82, 2.24) is 9.80 Å². The Morgan fingerprint density at radius 1 is 1.09 bits per heavy atom. The van der Waals surface area contributed by atoms with E-state index in [1.807, 2.05) is 13.0 Å². The van der Waals surface area contributed by atoms with Gasteiger partial charge in [0.25, 0.3) is 5.91 Å². The Morgan fingerprint density at radius 3 is 2.42 bits per heavy atom. The molecule has 4 rings (SSSR count). The van der Waals surface area contributed by atoms with Gasteiger partial charge >= 0.3 is 5.97 Å². The van der Waals surface area contributed by atoms with Gasteiger partial charge in [0.1, 0.15) is 5.58 Å². The largest absolute Gasteiger partial charge is 0.465 e. The van der Waals surface area contributed by atoms with Crippen LogP contribution in [0, 0.1) is 6.92 Å². The van der Waals surface area contributed by atoms with Gasteiger partial charge in [0.05, 0.1) is 29.7 Å². The van der Waals surface area contributed by atoms with E-state index in [-0.39, 0.29) is 17.1 Å². The number of carbonyl (C=O) groups excluding carboxylic acids is 2. The van der Waals surface area contributed by atoms with Crippen molar-refractivity contribution in [2.75, 3.05) is 33.3 Å². The molecule has 7 heteroatoms. The van der Waals surface area contributed by atoms with E-state index in [1.165, 1.54) is 7.11 Å². The molecule has 1 atom stereocenters. The molecule has 0 spiro atoms. The molecule has 2 aromatic carbocycles. The average Bonchev–Trinajstić information content (AvgIpc) is 3.11. The summed E-state index contributed by atoms with van der Waals surface area (Å²) < 4.78 is 10.8. The number of fused-ring (bicyclic) bond motifs is 2. The van der Waals surface area contributed by atoms with Crippen LogP contribution in [0.15, 0.2) is 51.7 Å². The summed E-state index contributed by atoms with van der Waals surface area (Å²) in [6.07, 6.45) is 0. The van der Waals surface area contributed by atoms with E-state index in [4.69, 9.17) is 9.15 Å². The summed E-state index contributed by atoms with van der Waals surface area (Å²) in [6.45, 7) is 8.92. The van der Waals surface area contributed by atoms with E-state index in [0.29, 0.717) is 35.2 Å². The third-order valence-electron chi connectivity index (χ3n) is 6.32. The molecule has 0 bridgehead atoms. The molecule has 1 unspecified atom stereocenters. The third-order valence-corrected chi connectivity index (χ3v) is 6.32. The fraction of sp³-hybridized carbons (Fsp3) is 0.346. The molecule has 7 nitrogen and oxygen atoms in total. The number of nitrogens with zero attached hydrogens (tertiary/aromatic N) is 2. The molecular weight excluding hydrogens is 420 g/mol. The molecule has 2 heterocycles. The van der Waals surface area contributed by atoms with Crippen LogP contribution in [-0.4, -0.2) is 55.0 Å². The number of carbonyl (C=O) groups is 2. The summed E-state index contributed by atoms with van der Waals surface area (Å²) in [5, 5.41) is 0.461. The lowest BCUT2D eigenvalue weighted by atomic mass is 9.97. The minimum atomic E-state index is -0.587. The lowest BCUT2D eigenvalue weighted by molar-refractivity contribution is 0.0599. The van der Waals surface area contributed by atoms with Crippen LogP contribution in [0.1, 0.15) is 57.5 Å². The van der Waals surface area contributed by atoms with Crippen LogP contribution in [0.4, 0.5) is 0 Å². The number of likely N-dealkylation sites (N-methyl/N-ethyl adjacent to an activating group) is 1. The second-order valence-electron chi connectivity index (χ2n) is 8.22. The van der Waals surface area contributed by atoms with E-state index in [2.05, 4.69) is 18.7 Å². The van der Waals surface area contributed by atoms with Gasteiger partial charge in [-0.15, -0.1) is 0 Å². The van der Waals surface area contributed by atoms with E-state index in [0.717, 1.165) is 24.2 Å². The number of amides is 1. The van der Waals surface area contributed by atoms with Crippen molar-refractivity contribution in [1.29, 1.82) is 0 Å². The number of ether oxygens (including phenoxy) is 1. The zero-order valence-electron chi connectivity index (χ0n) is 19.4. The molecule has 0 radical (unpaired) electrons. The second-order valence-corrected chi connectivity index (χ2v) is 8.22. The van der Waals surface area contributed by atoms with Gasteiger partial charge < -0.3 is 19.0 Å². The van der Waals surface area contributed by atoms with Gasteiger partial charge in [-0.3, -0.25) is 9.59 Å². The second kappa shape index (κ2) is 9.19. The summed E-state index contributed by atoms with van der Waals surface area (Å²) in [4.78, 5) is 42.9. The predicted molar refractivity (Wildman–Crippen MR) is 126 cm³/mol. The summed E-state index contributed by atoms with van der Waals surface area (Å²) in [5.74, 6) is -0.638. The van der Waals surface area contributed by atoms with Gasteiger partial charge in [0.2, 0.25) is 5.76 Å². The molecule has 1 aliphatic rings. The average molecular weight is 449 g/mol. The first-order valence-electron chi connectivity index (χ1n) is 11.2. The maximum absolute atomic E-state index is 13.6. The highest BCUT2D eigenvalue weighted by atomic mass is 16.5. The molecule has 33 heavy (non-hydrogen) atoms.